The van der Waals surface area contributed by atoms with E-state index in [0.717, 1.165) is 11.1 Å². The Hall–Kier alpha value is -2.64. The van der Waals surface area contributed by atoms with Crippen molar-refractivity contribution in [3.8, 4) is 11.8 Å². The fourth-order valence-corrected chi connectivity index (χ4v) is 1.88. The number of amides is 1. The van der Waals surface area contributed by atoms with Crippen molar-refractivity contribution in [2.45, 2.75) is 13.8 Å². The molecule has 0 saturated heterocycles. The third-order valence-electron chi connectivity index (χ3n) is 3.01. The number of anilines is 1. The number of nitrogens with one attached hydrogen (secondary N) is 1. The van der Waals surface area contributed by atoms with Crippen LogP contribution in [0.1, 0.15) is 27.0 Å². The van der Waals surface area contributed by atoms with Crippen LogP contribution in [0.15, 0.2) is 36.7 Å². The zero-order valence-corrected chi connectivity index (χ0v) is 12.0. The lowest BCUT2D eigenvalue weighted by Gasteiger charge is -2.09. The molecule has 106 valence electrons. The molecular weight excluding hydrogens is 264 g/mol. The number of nitrogens with zero attached hydrogens (tertiary/aromatic N) is 1. The highest BCUT2D eigenvalue weighted by molar-refractivity contribution is 6.06. The van der Waals surface area contributed by atoms with Crippen LogP contribution in [-0.4, -0.2) is 22.6 Å². The minimum absolute atomic E-state index is 0.239. The van der Waals surface area contributed by atoms with Crippen LogP contribution in [0.25, 0.3) is 0 Å². The van der Waals surface area contributed by atoms with E-state index in [2.05, 4.69) is 22.1 Å². The summed E-state index contributed by atoms with van der Waals surface area (Å²) >= 11 is 0. The minimum atomic E-state index is -0.242. The molecule has 2 rings (SSSR count). The predicted molar refractivity (Wildman–Crippen MR) is 82.1 cm³/mol. The van der Waals surface area contributed by atoms with E-state index in [1.165, 1.54) is 0 Å². The lowest BCUT2D eigenvalue weighted by molar-refractivity contribution is 0.102. The summed E-state index contributed by atoms with van der Waals surface area (Å²) in [7, 11) is 0. The lowest BCUT2D eigenvalue weighted by Crippen LogP contribution is -2.14. The van der Waals surface area contributed by atoms with Crippen molar-refractivity contribution in [2.24, 2.45) is 0 Å². The molecule has 2 aromatic rings. The first-order chi connectivity index (χ1) is 10.1. The van der Waals surface area contributed by atoms with E-state index in [4.69, 9.17) is 5.11 Å². The van der Waals surface area contributed by atoms with Gasteiger partial charge in [0, 0.05) is 11.8 Å². The average Bonchev–Trinajstić information content (AvgIpc) is 2.47. The molecule has 1 heterocycles. The summed E-state index contributed by atoms with van der Waals surface area (Å²) < 4.78 is 0. The molecule has 0 bridgehead atoms. The number of rotatable bonds is 2. The number of hydrogen-bond donors (Lipinski definition) is 2. The third-order valence-corrected chi connectivity index (χ3v) is 3.01. The summed E-state index contributed by atoms with van der Waals surface area (Å²) in [5, 5.41) is 11.6. The van der Waals surface area contributed by atoms with Gasteiger partial charge in [-0.3, -0.25) is 9.78 Å². The molecule has 4 nitrogen and oxygen atoms in total. The van der Waals surface area contributed by atoms with Crippen molar-refractivity contribution in [3.05, 3.63) is 58.9 Å². The number of pyridine rings is 1. The minimum Gasteiger partial charge on any atom is -0.384 e. The topological polar surface area (TPSA) is 62.2 Å². The quantitative estimate of drug-likeness (QED) is 0.830. The second kappa shape index (κ2) is 6.69. The Morgan fingerprint density at radius 2 is 2.14 bits per heavy atom. The number of hydrogen-bond acceptors (Lipinski definition) is 3. The summed E-state index contributed by atoms with van der Waals surface area (Å²) in [4.78, 5) is 16.4. The Kier molecular flexibility index (Phi) is 4.70. The highest BCUT2D eigenvalue weighted by atomic mass is 16.2. The molecule has 0 aliphatic carbocycles. The van der Waals surface area contributed by atoms with Gasteiger partial charge in [-0.25, -0.2) is 0 Å². The molecule has 1 amide bonds. The van der Waals surface area contributed by atoms with Gasteiger partial charge >= 0.3 is 0 Å². The number of aliphatic hydroxyl groups is 1. The van der Waals surface area contributed by atoms with Crippen LogP contribution in [0.5, 0.6) is 0 Å². The van der Waals surface area contributed by atoms with Gasteiger partial charge in [0.25, 0.3) is 5.91 Å². The van der Waals surface area contributed by atoms with E-state index >= 15 is 0 Å². The number of aryl methyl sites for hydroxylation is 2. The first-order valence-electron chi connectivity index (χ1n) is 6.54. The molecular formula is C17H16N2O2. The summed E-state index contributed by atoms with van der Waals surface area (Å²) in [6, 6.07) is 7.25. The van der Waals surface area contributed by atoms with Gasteiger partial charge in [0.15, 0.2) is 0 Å². The standard InChI is InChI=1S/C17H16N2O2/c1-12-5-6-15(14(10-12)4-3-9-20)17(21)19-16-11-18-8-7-13(16)2/h5-8,10-11,20H,9H2,1-2H3,(H,19,21). The number of benzene rings is 1. The third kappa shape index (κ3) is 3.68. The molecule has 0 unspecified atom stereocenters. The molecule has 0 radical (unpaired) electrons. The summed E-state index contributed by atoms with van der Waals surface area (Å²) in [6.07, 6.45) is 3.29. The van der Waals surface area contributed by atoms with Gasteiger partial charge in [-0.1, -0.05) is 17.9 Å². The van der Waals surface area contributed by atoms with E-state index < -0.39 is 0 Å². The monoisotopic (exact) mass is 280 g/mol. The second-order valence-electron chi connectivity index (χ2n) is 4.65. The molecule has 4 heteroatoms. The molecule has 0 aliphatic heterocycles. The zero-order valence-electron chi connectivity index (χ0n) is 12.0. The molecule has 0 spiro atoms. The van der Waals surface area contributed by atoms with Crippen LogP contribution in [0.3, 0.4) is 0 Å². The Morgan fingerprint density at radius 1 is 1.33 bits per heavy atom. The molecule has 2 N–H and O–H groups in total. The van der Waals surface area contributed by atoms with Gasteiger partial charge in [-0.15, -0.1) is 0 Å². The summed E-state index contributed by atoms with van der Waals surface area (Å²) in [5.41, 5.74) is 3.69. The van der Waals surface area contributed by atoms with E-state index in [0.29, 0.717) is 16.8 Å². The van der Waals surface area contributed by atoms with E-state index in [9.17, 15) is 4.79 Å². The maximum absolute atomic E-state index is 12.4. The number of aromatic nitrogens is 1. The van der Waals surface area contributed by atoms with Gasteiger partial charge in [-0.2, -0.15) is 0 Å². The molecule has 1 aromatic carbocycles. The molecule has 0 aliphatic rings. The molecule has 0 saturated carbocycles. The van der Waals surface area contributed by atoms with Gasteiger partial charge in [0.1, 0.15) is 6.61 Å². The SMILES string of the molecule is Cc1ccc(C(=O)Nc2cnccc2C)c(C#CCO)c1. The number of carbonyl (C=O) groups is 1. The van der Waals surface area contributed by atoms with Crippen LogP contribution in [0.4, 0.5) is 5.69 Å². The zero-order chi connectivity index (χ0) is 15.2. The maximum atomic E-state index is 12.4. The van der Waals surface area contributed by atoms with Crippen molar-refractivity contribution >= 4 is 11.6 Å². The highest BCUT2D eigenvalue weighted by Gasteiger charge is 2.11. The molecule has 1 aromatic heterocycles. The predicted octanol–water partition coefficient (Wildman–Crippen LogP) is 2.29. The first-order valence-corrected chi connectivity index (χ1v) is 6.54. The van der Waals surface area contributed by atoms with Gasteiger partial charge in [0.05, 0.1) is 17.4 Å². The van der Waals surface area contributed by atoms with Crippen molar-refractivity contribution < 1.29 is 9.90 Å². The van der Waals surface area contributed by atoms with Crippen molar-refractivity contribution in [2.75, 3.05) is 11.9 Å². The largest absolute Gasteiger partial charge is 0.384 e. The fraction of sp³-hybridized carbons (Fsp3) is 0.176. The first kappa shape index (κ1) is 14.8. The van der Waals surface area contributed by atoms with Crippen molar-refractivity contribution in [3.63, 3.8) is 0 Å². The van der Waals surface area contributed by atoms with Gasteiger partial charge < -0.3 is 10.4 Å². The lowest BCUT2D eigenvalue weighted by atomic mass is 10.0. The van der Waals surface area contributed by atoms with Crippen LogP contribution in [0, 0.1) is 25.7 Å². The Bertz CT molecular complexity index is 727. The van der Waals surface area contributed by atoms with E-state index in [1.807, 2.05) is 32.0 Å². The highest BCUT2D eigenvalue weighted by Crippen LogP contribution is 2.16. The number of aliphatic hydroxyl groups excluding tert-OH is 1. The summed E-state index contributed by atoms with van der Waals surface area (Å²) in [6.45, 7) is 3.59. The van der Waals surface area contributed by atoms with Crippen LogP contribution in [0.2, 0.25) is 0 Å². The molecule has 0 atom stereocenters. The van der Waals surface area contributed by atoms with Gasteiger partial charge in [0.2, 0.25) is 0 Å². The van der Waals surface area contributed by atoms with Crippen molar-refractivity contribution in [1.82, 2.24) is 4.98 Å². The van der Waals surface area contributed by atoms with Crippen LogP contribution < -0.4 is 5.32 Å². The van der Waals surface area contributed by atoms with E-state index in [1.54, 1.807) is 18.5 Å². The maximum Gasteiger partial charge on any atom is 0.256 e. The van der Waals surface area contributed by atoms with Crippen molar-refractivity contribution in [1.29, 1.82) is 0 Å². The smallest absolute Gasteiger partial charge is 0.256 e. The van der Waals surface area contributed by atoms with Gasteiger partial charge in [-0.05, 0) is 43.2 Å². The number of carbonyl (C=O) groups excluding carboxylic acids is 1. The Labute approximate surface area is 123 Å². The van der Waals surface area contributed by atoms with E-state index in [-0.39, 0.29) is 12.5 Å². The Morgan fingerprint density at radius 3 is 2.86 bits per heavy atom. The summed E-state index contributed by atoms with van der Waals surface area (Å²) in [5.74, 6) is 5.14. The molecule has 21 heavy (non-hydrogen) atoms. The van der Waals surface area contributed by atoms with Crippen LogP contribution in [-0.2, 0) is 0 Å². The normalized spacial score (nSPS) is 9.67. The Balaban J connectivity index is 2.33. The fourth-order valence-electron chi connectivity index (χ4n) is 1.88. The van der Waals surface area contributed by atoms with Crippen LogP contribution >= 0.6 is 0 Å². The second-order valence-corrected chi connectivity index (χ2v) is 4.65. The molecule has 0 fully saturated rings. The average molecular weight is 280 g/mol.